The van der Waals surface area contributed by atoms with Gasteiger partial charge in [0, 0.05) is 19.3 Å². The maximum Gasteiger partial charge on any atom is 0.0948 e. The number of imidazole rings is 1. The highest BCUT2D eigenvalue weighted by atomic mass is 15.0. The van der Waals surface area contributed by atoms with Crippen molar-refractivity contribution >= 4 is 0 Å². The molecule has 3 heteroatoms. The number of aryl methyl sites for hydroxylation is 1. The summed E-state index contributed by atoms with van der Waals surface area (Å²) in [6, 6.07) is 0. The molecule has 0 saturated heterocycles. The van der Waals surface area contributed by atoms with Crippen molar-refractivity contribution < 1.29 is 0 Å². The van der Waals surface area contributed by atoms with Crippen molar-refractivity contribution in [1.82, 2.24) is 9.55 Å². The largest absolute Gasteiger partial charge is 0.333 e. The van der Waals surface area contributed by atoms with Gasteiger partial charge in [-0.2, -0.15) is 0 Å². The van der Waals surface area contributed by atoms with Gasteiger partial charge in [0.25, 0.3) is 0 Å². The second kappa shape index (κ2) is 5.31. The molecule has 2 rings (SSSR count). The van der Waals surface area contributed by atoms with Crippen LogP contribution in [0.15, 0.2) is 12.5 Å². The molecule has 1 aromatic heterocycles. The van der Waals surface area contributed by atoms with Gasteiger partial charge in [-0.15, -0.1) is 0 Å². The third-order valence-electron chi connectivity index (χ3n) is 3.49. The number of aromatic nitrogens is 2. The minimum absolute atomic E-state index is 0.601. The van der Waals surface area contributed by atoms with Crippen molar-refractivity contribution in [3.05, 3.63) is 18.2 Å². The molecule has 0 aliphatic heterocycles. The Bertz CT molecular complexity index is 287. The third-order valence-corrected chi connectivity index (χ3v) is 3.49. The van der Waals surface area contributed by atoms with E-state index in [1.807, 2.05) is 12.5 Å². The molecular formula is C12H21N3. The molecule has 0 spiro atoms. The molecule has 2 N–H and O–H groups in total. The smallest absolute Gasteiger partial charge is 0.0948 e. The fourth-order valence-electron chi connectivity index (χ4n) is 2.57. The van der Waals surface area contributed by atoms with E-state index in [2.05, 4.69) is 9.55 Å². The standard InChI is InChI=1S/C12H21N3/c13-8-12-9-14-10-15(12)7-3-6-11-4-1-2-5-11/h9-11H,1-8,13H2. The summed E-state index contributed by atoms with van der Waals surface area (Å²) >= 11 is 0. The van der Waals surface area contributed by atoms with Crippen LogP contribution in [0.5, 0.6) is 0 Å². The fraction of sp³-hybridized carbons (Fsp3) is 0.750. The minimum Gasteiger partial charge on any atom is -0.333 e. The van der Waals surface area contributed by atoms with Crippen molar-refractivity contribution in [3.8, 4) is 0 Å². The molecule has 0 bridgehead atoms. The van der Waals surface area contributed by atoms with Crippen LogP contribution in [-0.4, -0.2) is 9.55 Å². The van der Waals surface area contributed by atoms with Crippen molar-refractivity contribution in [2.24, 2.45) is 11.7 Å². The molecule has 0 unspecified atom stereocenters. The zero-order valence-electron chi connectivity index (χ0n) is 9.36. The summed E-state index contributed by atoms with van der Waals surface area (Å²) < 4.78 is 2.19. The molecule has 1 fully saturated rings. The summed E-state index contributed by atoms with van der Waals surface area (Å²) in [5.41, 5.74) is 6.78. The first kappa shape index (κ1) is 10.7. The molecule has 3 nitrogen and oxygen atoms in total. The zero-order valence-corrected chi connectivity index (χ0v) is 9.36. The predicted octanol–water partition coefficient (Wildman–Crippen LogP) is 2.31. The molecule has 0 atom stereocenters. The van der Waals surface area contributed by atoms with Crippen LogP contribution < -0.4 is 5.73 Å². The van der Waals surface area contributed by atoms with E-state index < -0.39 is 0 Å². The molecule has 0 aromatic carbocycles. The van der Waals surface area contributed by atoms with E-state index in [0.717, 1.165) is 18.2 Å². The lowest BCUT2D eigenvalue weighted by molar-refractivity contribution is 0.455. The summed E-state index contributed by atoms with van der Waals surface area (Å²) in [6.45, 7) is 1.69. The normalized spacial score (nSPS) is 17.4. The highest BCUT2D eigenvalue weighted by molar-refractivity contribution is 4.96. The van der Waals surface area contributed by atoms with Crippen molar-refractivity contribution in [3.63, 3.8) is 0 Å². The second-order valence-corrected chi connectivity index (χ2v) is 4.58. The lowest BCUT2D eigenvalue weighted by Crippen LogP contribution is -2.07. The number of hydrogen-bond donors (Lipinski definition) is 1. The Kier molecular flexibility index (Phi) is 3.78. The van der Waals surface area contributed by atoms with Gasteiger partial charge in [0.05, 0.1) is 12.0 Å². The summed E-state index contributed by atoms with van der Waals surface area (Å²) in [5.74, 6) is 0.995. The van der Waals surface area contributed by atoms with E-state index in [9.17, 15) is 0 Å². The molecule has 0 amide bonds. The fourth-order valence-corrected chi connectivity index (χ4v) is 2.57. The lowest BCUT2D eigenvalue weighted by Gasteiger charge is -2.10. The Hall–Kier alpha value is -0.830. The van der Waals surface area contributed by atoms with Crippen LogP contribution in [0.25, 0.3) is 0 Å². The van der Waals surface area contributed by atoms with Crippen LogP contribution in [0, 0.1) is 5.92 Å². The Morgan fingerprint density at radius 2 is 2.20 bits per heavy atom. The molecule has 1 aromatic rings. The van der Waals surface area contributed by atoms with Crippen LogP contribution >= 0.6 is 0 Å². The van der Waals surface area contributed by atoms with Crippen LogP contribution in [0.4, 0.5) is 0 Å². The topological polar surface area (TPSA) is 43.8 Å². The molecule has 0 radical (unpaired) electrons. The monoisotopic (exact) mass is 207 g/mol. The van der Waals surface area contributed by atoms with E-state index >= 15 is 0 Å². The third kappa shape index (κ3) is 2.81. The van der Waals surface area contributed by atoms with Crippen LogP contribution in [0.2, 0.25) is 0 Å². The molecule has 15 heavy (non-hydrogen) atoms. The van der Waals surface area contributed by atoms with Gasteiger partial charge in [-0.05, 0) is 18.8 Å². The van der Waals surface area contributed by atoms with Gasteiger partial charge in [0.1, 0.15) is 0 Å². The maximum absolute atomic E-state index is 5.63. The van der Waals surface area contributed by atoms with Crippen LogP contribution in [0.3, 0.4) is 0 Å². The van der Waals surface area contributed by atoms with E-state index in [4.69, 9.17) is 5.73 Å². The molecule has 1 heterocycles. The Morgan fingerprint density at radius 3 is 2.93 bits per heavy atom. The molecule has 1 saturated carbocycles. The van der Waals surface area contributed by atoms with Crippen LogP contribution in [0.1, 0.15) is 44.2 Å². The minimum atomic E-state index is 0.601. The number of hydrogen-bond acceptors (Lipinski definition) is 2. The van der Waals surface area contributed by atoms with Gasteiger partial charge in [-0.25, -0.2) is 4.98 Å². The van der Waals surface area contributed by atoms with Crippen LogP contribution in [-0.2, 0) is 13.1 Å². The van der Waals surface area contributed by atoms with E-state index in [0.29, 0.717) is 6.54 Å². The van der Waals surface area contributed by atoms with Gasteiger partial charge in [-0.3, -0.25) is 0 Å². The first-order valence-electron chi connectivity index (χ1n) is 6.09. The van der Waals surface area contributed by atoms with E-state index in [1.165, 1.54) is 38.5 Å². The quantitative estimate of drug-likeness (QED) is 0.805. The molecule has 1 aliphatic rings. The Morgan fingerprint density at radius 1 is 1.40 bits per heavy atom. The number of rotatable bonds is 5. The van der Waals surface area contributed by atoms with E-state index in [-0.39, 0.29) is 0 Å². The van der Waals surface area contributed by atoms with Gasteiger partial charge in [0.15, 0.2) is 0 Å². The van der Waals surface area contributed by atoms with Crippen molar-refractivity contribution in [1.29, 1.82) is 0 Å². The molecule has 1 aliphatic carbocycles. The lowest BCUT2D eigenvalue weighted by atomic mass is 10.0. The van der Waals surface area contributed by atoms with Gasteiger partial charge >= 0.3 is 0 Å². The maximum atomic E-state index is 5.63. The highest BCUT2D eigenvalue weighted by Gasteiger charge is 2.14. The highest BCUT2D eigenvalue weighted by Crippen LogP contribution is 2.28. The average molecular weight is 207 g/mol. The molecular weight excluding hydrogens is 186 g/mol. The first-order valence-corrected chi connectivity index (χ1v) is 6.09. The predicted molar refractivity (Wildman–Crippen MR) is 61.3 cm³/mol. The Balaban J connectivity index is 1.73. The van der Waals surface area contributed by atoms with Crippen molar-refractivity contribution in [2.45, 2.75) is 51.6 Å². The van der Waals surface area contributed by atoms with E-state index in [1.54, 1.807) is 0 Å². The van der Waals surface area contributed by atoms with Gasteiger partial charge < -0.3 is 10.3 Å². The Labute approximate surface area is 91.7 Å². The number of nitrogens with zero attached hydrogens (tertiary/aromatic N) is 2. The zero-order chi connectivity index (χ0) is 10.5. The second-order valence-electron chi connectivity index (χ2n) is 4.58. The van der Waals surface area contributed by atoms with Gasteiger partial charge in [-0.1, -0.05) is 25.7 Å². The summed E-state index contributed by atoms with van der Waals surface area (Å²) in [5, 5.41) is 0. The summed E-state index contributed by atoms with van der Waals surface area (Å²) in [7, 11) is 0. The molecule has 84 valence electrons. The summed E-state index contributed by atoms with van der Waals surface area (Å²) in [4.78, 5) is 4.13. The average Bonchev–Trinajstić information content (AvgIpc) is 2.88. The number of nitrogens with two attached hydrogens (primary N) is 1. The summed E-state index contributed by atoms with van der Waals surface area (Å²) in [6.07, 6.45) is 12.2. The van der Waals surface area contributed by atoms with Gasteiger partial charge in [0.2, 0.25) is 0 Å². The first-order chi connectivity index (χ1) is 7.40. The SMILES string of the molecule is NCc1cncn1CCCC1CCCC1. The van der Waals surface area contributed by atoms with Crippen molar-refractivity contribution in [2.75, 3.05) is 0 Å².